The number of carbonyl (C=O) groups excluding carboxylic acids is 1. The molecule has 1 amide bonds. The molecule has 2 aromatic rings. The van der Waals surface area contributed by atoms with Crippen LogP contribution in [0.2, 0.25) is 0 Å². The molecule has 1 unspecified atom stereocenters. The molecule has 1 fully saturated rings. The van der Waals surface area contributed by atoms with E-state index in [1.54, 1.807) is 35.6 Å². The molecule has 3 N–H and O–H groups in total. The van der Waals surface area contributed by atoms with E-state index in [2.05, 4.69) is 21.7 Å². The van der Waals surface area contributed by atoms with Gasteiger partial charge in [-0.2, -0.15) is 0 Å². The summed E-state index contributed by atoms with van der Waals surface area (Å²) in [5, 5.41) is 5.11. The normalized spacial score (nSPS) is 16.9. The Labute approximate surface area is 140 Å². The number of hydrogen-bond acceptors (Lipinski definition) is 5. The Kier molecular flexibility index (Phi) is 5.27. The summed E-state index contributed by atoms with van der Waals surface area (Å²) < 4.78 is 5.44. The number of rotatable bonds is 5. The van der Waals surface area contributed by atoms with Crippen molar-refractivity contribution in [3.63, 3.8) is 0 Å². The van der Waals surface area contributed by atoms with Crippen LogP contribution in [0.1, 0.15) is 21.3 Å². The zero-order valence-corrected chi connectivity index (χ0v) is 13.7. The molecule has 0 bridgehead atoms. The summed E-state index contributed by atoms with van der Waals surface area (Å²) in [6.07, 6.45) is 0. The summed E-state index contributed by atoms with van der Waals surface area (Å²) in [5.41, 5.74) is 6.94. The molecule has 1 aliphatic heterocycles. The summed E-state index contributed by atoms with van der Waals surface area (Å²) in [7, 11) is 0. The Hall–Kier alpha value is -1.89. The van der Waals surface area contributed by atoms with Gasteiger partial charge in [-0.15, -0.1) is 11.3 Å². The first-order valence-corrected chi connectivity index (χ1v) is 8.61. The van der Waals surface area contributed by atoms with Gasteiger partial charge in [-0.25, -0.2) is 0 Å². The minimum Gasteiger partial charge on any atom is -0.399 e. The second-order valence-corrected chi connectivity index (χ2v) is 6.49. The number of benzene rings is 1. The number of carbonyl (C=O) groups is 1. The lowest BCUT2D eigenvalue weighted by atomic mass is 10.1. The Morgan fingerprint density at radius 1 is 1.30 bits per heavy atom. The number of nitrogen functional groups attached to an aromatic ring is 1. The van der Waals surface area contributed by atoms with Crippen LogP contribution >= 0.6 is 11.3 Å². The van der Waals surface area contributed by atoms with Crippen LogP contribution in [-0.2, 0) is 4.74 Å². The number of thiophene rings is 1. The Morgan fingerprint density at radius 3 is 2.83 bits per heavy atom. The highest BCUT2D eigenvalue weighted by atomic mass is 32.1. The van der Waals surface area contributed by atoms with E-state index < -0.39 is 0 Å². The zero-order chi connectivity index (χ0) is 16.1. The highest BCUT2D eigenvalue weighted by Crippen LogP contribution is 2.25. The topological polar surface area (TPSA) is 67.6 Å². The molecule has 23 heavy (non-hydrogen) atoms. The maximum Gasteiger partial charge on any atom is 0.251 e. The van der Waals surface area contributed by atoms with Gasteiger partial charge in [0.15, 0.2) is 0 Å². The predicted molar refractivity (Wildman–Crippen MR) is 92.6 cm³/mol. The van der Waals surface area contributed by atoms with Crippen molar-refractivity contribution >= 4 is 22.9 Å². The van der Waals surface area contributed by atoms with Crippen LogP contribution in [-0.4, -0.2) is 43.7 Å². The molecule has 6 heteroatoms. The standard InChI is InChI=1S/C17H21N3O2S/c18-14-4-1-3-13(11-14)17(21)19-12-15(16-5-2-10-23-16)20-6-8-22-9-7-20/h1-5,10-11,15H,6-9,12,18H2,(H,19,21). The number of nitrogens with zero attached hydrogens (tertiary/aromatic N) is 1. The second-order valence-electron chi connectivity index (χ2n) is 5.52. The largest absolute Gasteiger partial charge is 0.399 e. The number of nitrogens with one attached hydrogen (secondary N) is 1. The first-order chi connectivity index (χ1) is 11.2. The molecule has 1 aromatic heterocycles. The summed E-state index contributed by atoms with van der Waals surface area (Å²) in [4.78, 5) is 16.0. The number of anilines is 1. The summed E-state index contributed by atoms with van der Waals surface area (Å²) in [5.74, 6) is -0.0906. The van der Waals surface area contributed by atoms with Crippen molar-refractivity contribution in [1.29, 1.82) is 0 Å². The van der Waals surface area contributed by atoms with Crippen molar-refractivity contribution in [2.24, 2.45) is 0 Å². The Balaban J connectivity index is 1.67. The van der Waals surface area contributed by atoms with E-state index in [9.17, 15) is 4.79 Å². The third kappa shape index (κ3) is 4.10. The number of nitrogens with two attached hydrogens (primary N) is 1. The van der Waals surface area contributed by atoms with Gasteiger partial charge >= 0.3 is 0 Å². The van der Waals surface area contributed by atoms with Crippen LogP contribution in [0.15, 0.2) is 41.8 Å². The lowest BCUT2D eigenvalue weighted by Crippen LogP contribution is -2.43. The number of morpholine rings is 1. The molecule has 0 spiro atoms. The van der Waals surface area contributed by atoms with Gasteiger partial charge in [0, 0.05) is 35.8 Å². The van der Waals surface area contributed by atoms with Crippen molar-refractivity contribution in [1.82, 2.24) is 10.2 Å². The highest BCUT2D eigenvalue weighted by Gasteiger charge is 2.24. The van der Waals surface area contributed by atoms with Crippen LogP contribution in [0, 0.1) is 0 Å². The summed E-state index contributed by atoms with van der Waals surface area (Å²) in [6.45, 7) is 3.83. The molecule has 1 aliphatic rings. The van der Waals surface area contributed by atoms with Crippen LogP contribution in [0.3, 0.4) is 0 Å². The molecule has 3 rings (SSSR count). The zero-order valence-electron chi connectivity index (χ0n) is 12.9. The van der Waals surface area contributed by atoms with Gasteiger partial charge in [-0.3, -0.25) is 9.69 Å². The molecule has 0 aliphatic carbocycles. The van der Waals surface area contributed by atoms with Crippen molar-refractivity contribution in [3.05, 3.63) is 52.2 Å². The van der Waals surface area contributed by atoms with E-state index in [-0.39, 0.29) is 11.9 Å². The van der Waals surface area contributed by atoms with Gasteiger partial charge in [-0.1, -0.05) is 12.1 Å². The third-order valence-corrected chi connectivity index (χ3v) is 4.94. The molecule has 1 saturated heterocycles. The van der Waals surface area contributed by atoms with Gasteiger partial charge < -0.3 is 15.8 Å². The third-order valence-electron chi connectivity index (χ3n) is 3.96. The smallest absolute Gasteiger partial charge is 0.251 e. The minimum absolute atomic E-state index is 0.0906. The van der Waals surface area contributed by atoms with Crippen molar-refractivity contribution < 1.29 is 9.53 Å². The average molecular weight is 331 g/mol. The van der Waals surface area contributed by atoms with Crippen molar-refractivity contribution in [2.45, 2.75) is 6.04 Å². The SMILES string of the molecule is Nc1cccc(C(=O)NCC(c2cccs2)N2CCOCC2)c1. The van der Waals surface area contributed by atoms with Gasteiger partial charge in [0.1, 0.15) is 0 Å². The molecule has 1 atom stereocenters. The average Bonchev–Trinajstić information content (AvgIpc) is 3.10. The van der Waals surface area contributed by atoms with Gasteiger partial charge in [0.05, 0.1) is 19.3 Å². The molecule has 122 valence electrons. The number of ether oxygens (including phenoxy) is 1. The first kappa shape index (κ1) is 16.0. The van der Waals surface area contributed by atoms with E-state index in [1.807, 2.05) is 6.07 Å². The quantitative estimate of drug-likeness (QED) is 0.824. The molecule has 1 aromatic carbocycles. The van der Waals surface area contributed by atoms with E-state index in [0.29, 0.717) is 17.8 Å². The van der Waals surface area contributed by atoms with Gasteiger partial charge in [0.25, 0.3) is 5.91 Å². The van der Waals surface area contributed by atoms with Gasteiger partial charge in [-0.05, 0) is 29.6 Å². The van der Waals surface area contributed by atoms with E-state index in [0.717, 1.165) is 26.3 Å². The van der Waals surface area contributed by atoms with E-state index >= 15 is 0 Å². The lowest BCUT2D eigenvalue weighted by molar-refractivity contribution is 0.0169. The van der Waals surface area contributed by atoms with Crippen LogP contribution < -0.4 is 11.1 Å². The van der Waals surface area contributed by atoms with Crippen LogP contribution in [0.5, 0.6) is 0 Å². The molecule has 0 saturated carbocycles. The van der Waals surface area contributed by atoms with Crippen molar-refractivity contribution in [2.75, 3.05) is 38.6 Å². The fourth-order valence-electron chi connectivity index (χ4n) is 2.75. The minimum atomic E-state index is -0.0906. The predicted octanol–water partition coefficient (Wildman–Crippen LogP) is 2.13. The van der Waals surface area contributed by atoms with E-state index in [1.165, 1.54) is 4.88 Å². The molecular formula is C17H21N3O2S. The number of hydrogen-bond donors (Lipinski definition) is 2. The molecule has 5 nitrogen and oxygen atoms in total. The second kappa shape index (κ2) is 7.59. The maximum absolute atomic E-state index is 12.3. The summed E-state index contributed by atoms with van der Waals surface area (Å²) in [6, 6.07) is 11.4. The fraction of sp³-hybridized carbons (Fsp3) is 0.353. The molecule has 2 heterocycles. The van der Waals surface area contributed by atoms with Crippen molar-refractivity contribution in [3.8, 4) is 0 Å². The Bertz CT molecular complexity index is 639. The van der Waals surface area contributed by atoms with Crippen LogP contribution in [0.25, 0.3) is 0 Å². The highest BCUT2D eigenvalue weighted by molar-refractivity contribution is 7.10. The maximum atomic E-state index is 12.3. The Morgan fingerprint density at radius 2 is 2.13 bits per heavy atom. The fourth-order valence-corrected chi connectivity index (χ4v) is 3.61. The lowest BCUT2D eigenvalue weighted by Gasteiger charge is -2.34. The first-order valence-electron chi connectivity index (χ1n) is 7.73. The molecule has 0 radical (unpaired) electrons. The van der Waals surface area contributed by atoms with E-state index in [4.69, 9.17) is 10.5 Å². The van der Waals surface area contributed by atoms with Crippen LogP contribution in [0.4, 0.5) is 5.69 Å². The van der Waals surface area contributed by atoms with Gasteiger partial charge in [0.2, 0.25) is 0 Å². The monoisotopic (exact) mass is 331 g/mol. The molecular weight excluding hydrogens is 310 g/mol. The number of amides is 1. The summed E-state index contributed by atoms with van der Waals surface area (Å²) >= 11 is 1.72.